The third-order valence-corrected chi connectivity index (χ3v) is 10.0. The number of hydrogen-bond donors (Lipinski definition) is 0. The molecule has 4 aromatic rings. The lowest BCUT2D eigenvalue weighted by atomic mass is 9.55. The highest BCUT2D eigenvalue weighted by atomic mass is 16.5. The van der Waals surface area contributed by atoms with Crippen molar-refractivity contribution in [1.82, 2.24) is 0 Å². The maximum atomic E-state index is 12.9. The molecular weight excluding hydrogens is 456 g/mol. The third-order valence-electron chi connectivity index (χ3n) is 10.0. The molecule has 0 aliphatic heterocycles. The highest BCUT2D eigenvalue weighted by molar-refractivity contribution is 6.04. The molecule has 0 saturated heterocycles. The number of furan rings is 1. The topological polar surface area (TPSA) is 39.4 Å². The molecule has 0 radical (unpaired) electrons. The van der Waals surface area contributed by atoms with Crippen LogP contribution in [0.4, 0.5) is 0 Å². The molecule has 0 N–H and O–H groups in total. The summed E-state index contributed by atoms with van der Waals surface area (Å²) >= 11 is 0. The lowest BCUT2D eigenvalue weighted by Gasteiger charge is -2.48. The maximum Gasteiger partial charge on any atom is 0.143 e. The van der Waals surface area contributed by atoms with E-state index >= 15 is 0 Å². The fourth-order valence-corrected chi connectivity index (χ4v) is 8.22. The van der Waals surface area contributed by atoms with Crippen molar-refractivity contribution < 1.29 is 13.9 Å². The Kier molecular flexibility index (Phi) is 5.15. The molecule has 0 bridgehead atoms. The first-order valence-electron chi connectivity index (χ1n) is 13.8. The van der Waals surface area contributed by atoms with E-state index in [4.69, 9.17) is 9.15 Å². The van der Waals surface area contributed by atoms with Gasteiger partial charge in [-0.05, 0) is 97.2 Å². The molecule has 0 spiro atoms. The molecule has 1 aromatic heterocycles. The number of methoxy groups -OCH3 is 1. The molecule has 3 aliphatic rings. The number of ketones is 1. The molecule has 2 fully saturated rings. The number of benzene rings is 3. The standard InChI is InChI=1S/C34H34O3/c1-20-30-23(11-14-25-26(30)17-18-34(2)27(25)15-16-29(34)35)19-28-31(20)32(21-9-12-24(36-3)13-10-21)33(37-28)22-7-5-4-6-8-22/h4-10,12-13,19,25-27H,11,14-18H2,1-3H3/t25-,26-,27-,34-/m1/s1. The molecule has 7 rings (SSSR count). The number of aryl methyl sites for hydroxylation is 2. The van der Waals surface area contributed by atoms with Gasteiger partial charge in [0.1, 0.15) is 22.9 Å². The van der Waals surface area contributed by atoms with Crippen LogP contribution >= 0.6 is 0 Å². The van der Waals surface area contributed by atoms with Crippen molar-refractivity contribution in [2.45, 2.75) is 58.3 Å². The summed E-state index contributed by atoms with van der Waals surface area (Å²) in [6.07, 6.45) is 6.26. The van der Waals surface area contributed by atoms with Gasteiger partial charge >= 0.3 is 0 Å². The third kappa shape index (κ3) is 3.29. The van der Waals surface area contributed by atoms with Gasteiger partial charge in [0.15, 0.2) is 0 Å². The van der Waals surface area contributed by atoms with Gasteiger partial charge in [0.05, 0.1) is 7.11 Å². The van der Waals surface area contributed by atoms with Gasteiger partial charge in [0.2, 0.25) is 0 Å². The van der Waals surface area contributed by atoms with Crippen LogP contribution in [-0.4, -0.2) is 12.9 Å². The van der Waals surface area contributed by atoms with E-state index in [0.29, 0.717) is 23.5 Å². The summed E-state index contributed by atoms with van der Waals surface area (Å²) < 4.78 is 12.2. The van der Waals surface area contributed by atoms with Gasteiger partial charge in [-0.2, -0.15) is 0 Å². The van der Waals surface area contributed by atoms with Crippen LogP contribution in [0.3, 0.4) is 0 Å². The van der Waals surface area contributed by atoms with Gasteiger partial charge in [-0.3, -0.25) is 4.79 Å². The number of ether oxygens (including phenoxy) is 1. The van der Waals surface area contributed by atoms with Crippen LogP contribution in [0.15, 0.2) is 65.1 Å². The first-order valence-corrected chi connectivity index (χ1v) is 13.8. The molecule has 3 aromatic carbocycles. The van der Waals surface area contributed by atoms with E-state index in [0.717, 1.165) is 60.3 Å². The van der Waals surface area contributed by atoms with Crippen molar-refractivity contribution in [3.8, 4) is 28.2 Å². The molecule has 4 atom stereocenters. The minimum Gasteiger partial charge on any atom is -0.497 e. The zero-order valence-corrected chi connectivity index (χ0v) is 22.0. The Bertz CT molecular complexity index is 1510. The minimum absolute atomic E-state index is 0.0962. The van der Waals surface area contributed by atoms with E-state index in [-0.39, 0.29) is 5.41 Å². The van der Waals surface area contributed by atoms with Crippen LogP contribution < -0.4 is 4.74 Å². The van der Waals surface area contributed by atoms with Crippen molar-refractivity contribution in [3.63, 3.8) is 0 Å². The Morgan fingerprint density at radius 2 is 1.73 bits per heavy atom. The Labute approximate surface area is 218 Å². The monoisotopic (exact) mass is 490 g/mol. The average Bonchev–Trinajstić information content (AvgIpc) is 3.46. The van der Waals surface area contributed by atoms with Gasteiger partial charge in [-0.1, -0.05) is 49.4 Å². The molecule has 3 nitrogen and oxygen atoms in total. The van der Waals surface area contributed by atoms with Gasteiger partial charge in [0, 0.05) is 28.3 Å². The summed E-state index contributed by atoms with van der Waals surface area (Å²) in [5.41, 5.74) is 8.66. The van der Waals surface area contributed by atoms with Crippen molar-refractivity contribution in [2.24, 2.45) is 17.3 Å². The second-order valence-corrected chi connectivity index (χ2v) is 11.7. The first kappa shape index (κ1) is 22.8. The molecule has 1 heterocycles. The fraction of sp³-hybridized carbons (Fsp3) is 0.382. The molecule has 3 heteroatoms. The highest BCUT2D eigenvalue weighted by Gasteiger charge is 2.54. The number of hydrogen-bond acceptors (Lipinski definition) is 3. The van der Waals surface area contributed by atoms with Crippen LogP contribution in [0, 0.1) is 24.2 Å². The summed E-state index contributed by atoms with van der Waals surface area (Å²) in [5.74, 6) is 3.98. The Morgan fingerprint density at radius 1 is 0.946 bits per heavy atom. The van der Waals surface area contributed by atoms with Crippen LogP contribution in [0.1, 0.15) is 61.6 Å². The molecule has 0 amide bonds. The largest absolute Gasteiger partial charge is 0.497 e. The van der Waals surface area contributed by atoms with Crippen LogP contribution in [0.5, 0.6) is 5.75 Å². The Morgan fingerprint density at radius 3 is 2.49 bits per heavy atom. The van der Waals surface area contributed by atoms with Crippen molar-refractivity contribution in [3.05, 3.63) is 77.4 Å². The smallest absolute Gasteiger partial charge is 0.143 e. The second-order valence-electron chi connectivity index (χ2n) is 11.7. The van der Waals surface area contributed by atoms with Gasteiger partial charge in [0.25, 0.3) is 0 Å². The summed E-state index contributed by atoms with van der Waals surface area (Å²) in [7, 11) is 1.71. The lowest BCUT2D eigenvalue weighted by molar-refractivity contribution is -0.129. The number of fused-ring (bicyclic) bond motifs is 6. The number of Topliss-reactive ketones (excluding diaryl/α,β-unsaturated/α-hetero) is 1. The van der Waals surface area contributed by atoms with E-state index in [1.807, 2.05) is 18.2 Å². The zero-order valence-electron chi connectivity index (χ0n) is 22.0. The number of carbonyl (C=O) groups is 1. The Balaban J connectivity index is 1.44. The lowest BCUT2D eigenvalue weighted by Crippen LogP contribution is -2.42. The van der Waals surface area contributed by atoms with Gasteiger partial charge < -0.3 is 9.15 Å². The quantitative estimate of drug-likeness (QED) is 0.289. The maximum absolute atomic E-state index is 12.9. The molecular formula is C34H34O3. The van der Waals surface area contributed by atoms with E-state index in [9.17, 15) is 4.79 Å². The van der Waals surface area contributed by atoms with Crippen molar-refractivity contribution >= 4 is 16.8 Å². The van der Waals surface area contributed by atoms with Crippen LogP contribution in [0.2, 0.25) is 0 Å². The van der Waals surface area contributed by atoms with Crippen LogP contribution in [-0.2, 0) is 11.2 Å². The van der Waals surface area contributed by atoms with E-state index in [1.54, 1.807) is 12.7 Å². The van der Waals surface area contributed by atoms with E-state index in [2.05, 4.69) is 56.3 Å². The van der Waals surface area contributed by atoms with Gasteiger partial charge in [-0.15, -0.1) is 0 Å². The zero-order chi connectivity index (χ0) is 25.3. The van der Waals surface area contributed by atoms with E-state index < -0.39 is 0 Å². The number of carbonyl (C=O) groups excluding carboxylic acids is 1. The SMILES string of the molecule is COc1ccc(-c2c(-c3ccccc3)oc3cc4c(c(C)c23)[C@@H]2CC[C@@]3(C)C(=O)CC[C@@H]3[C@@H]2CC4)cc1. The normalized spacial score (nSPS) is 26.6. The second kappa shape index (κ2) is 8.34. The predicted octanol–water partition coefficient (Wildman–Crippen LogP) is 8.51. The summed E-state index contributed by atoms with van der Waals surface area (Å²) in [5, 5.41) is 1.24. The van der Waals surface area contributed by atoms with Crippen molar-refractivity contribution in [1.29, 1.82) is 0 Å². The average molecular weight is 491 g/mol. The first-order chi connectivity index (χ1) is 18.0. The summed E-state index contributed by atoms with van der Waals surface area (Å²) in [4.78, 5) is 12.9. The molecule has 37 heavy (non-hydrogen) atoms. The summed E-state index contributed by atoms with van der Waals surface area (Å²) in [6, 6.07) is 21.2. The van der Waals surface area contributed by atoms with Crippen LogP contribution in [0.25, 0.3) is 33.4 Å². The molecule has 0 unspecified atom stereocenters. The molecule has 188 valence electrons. The predicted molar refractivity (Wildman–Crippen MR) is 148 cm³/mol. The Hall–Kier alpha value is -3.33. The molecule has 2 saturated carbocycles. The van der Waals surface area contributed by atoms with Gasteiger partial charge in [-0.25, -0.2) is 0 Å². The number of rotatable bonds is 3. The van der Waals surface area contributed by atoms with Crippen molar-refractivity contribution in [2.75, 3.05) is 7.11 Å². The minimum atomic E-state index is -0.0962. The fourth-order valence-electron chi connectivity index (χ4n) is 8.22. The molecule has 3 aliphatic carbocycles. The summed E-state index contributed by atoms with van der Waals surface area (Å²) in [6.45, 7) is 4.58. The van der Waals surface area contributed by atoms with E-state index in [1.165, 1.54) is 28.5 Å². The highest BCUT2D eigenvalue weighted by Crippen LogP contribution is 2.60.